The van der Waals surface area contributed by atoms with Gasteiger partial charge in [-0.1, -0.05) is 0 Å². The van der Waals surface area contributed by atoms with E-state index in [2.05, 4.69) is 34.4 Å². The Kier molecular flexibility index (Phi) is 2.63. The van der Waals surface area contributed by atoms with Crippen LogP contribution in [-0.2, 0) is 13.0 Å². The van der Waals surface area contributed by atoms with Crippen molar-refractivity contribution in [2.24, 2.45) is 0 Å². The van der Waals surface area contributed by atoms with E-state index in [1.165, 1.54) is 5.56 Å². The maximum Gasteiger partial charge on any atom is 0.223 e. The van der Waals surface area contributed by atoms with Crippen molar-refractivity contribution in [1.29, 1.82) is 0 Å². The van der Waals surface area contributed by atoms with Crippen LogP contribution in [0.1, 0.15) is 25.1 Å². The molecule has 0 amide bonds. The summed E-state index contributed by atoms with van der Waals surface area (Å²) in [5, 5.41) is 6.51. The highest BCUT2D eigenvalue weighted by atomic mass is 15.1. The largest absolute Gasteiger partial charge is 0.352 e. The molecule has 0 radical (unpaired) electrons. The van der Waals surface area contributed by atoms with Crippen LogP contribution < -0.4 is 10.6 Å². The first-order chi connectivity index (χ1) is 6.75. The molecule has 1 aliphatic rings. The number of rotatable bonds is 2. The standard InChI is InChI=1S/C10H16N4/c1-7(2)13-10-12-5-8-3-4-11-6-9(8)14-10/h5,7,11H,3-4,6H2,1-2H3,(H,12,13,14). The molecular weight excluding hydrogens is 176 g/mol. The highest BCUT2D eigenvalue weighted by Crippen LogP contribution is 2.12. The van der Waals surface area contributed by atoms with Gasteiger partial charge in [0.1, 0.15) is 0 Å². The molecular formula is C10H16N4. The molecule has 0 bridgehead atoms. The van der Waals surface area contributed by atoms with Crippen molar-refractivity contribution in [3.63, 3.8) is 0 Å². The number of aromatic nitrogens is 2. The first-order valence-electron chi connectivity index (χ1n) is 5.08. The molecule has 2 heterocycles. The number of fused-ring (bicyclic) bond motifs is 1. The van der Waals surface area contributed by atoms with Crippen LogP contribution >= 0.6 is 0 Å². The van der Waals surface area contributed by atoms with Crippen LogP contribution in [0.5, 0.6) is 0 Å². The lowest BCUT2D eigenvalue weighted by molar-refractivity contribution is 0.623. The Labute approximate surface area is 84.2 Å². The van der Waals surface area contributed by atoms with E-state index in [0.717, 1.165) is 31.2 Å². The Bertz CT molecular complexity index is 322. The van der Waals surface area contributed by atoms with E-state index in [-0.39, 0.29) is 0 Å². The third-order valence-electron chi connectivity index (χ3n) is 2.24. The van der Waals surface area contributed by atoms with Crippen LogP contribution in [0.3, 0.4) is 0 Å². The van der Waals surface area contributed by atoms with E-state index in [1.807, 2.05) is 6.20 Å². The van der Waals surface area contributed by atoms with E-state index in [4.69, 9.17) is 0 Å². The van der Waals surface area contributed by atoms with Crippen molar-refractivity contribution in [2.45, 2.75) is 32.9 Å². The Morgan fingerprint density at radius 2 is 2.36 bits per heavy atom. The molecule has 1 aliphatic heterocycles. The average molecular weight is 192 g/mol. The molecule has 1 aromatic heterocycles. The molecule has 76 valence electrons. The van der Waals surface area contributed by atoms with Gasteiger partial charge in [-0.25, -0.2) is 9.97 Å². The van der Waals surface area contributed by atoms with Gasteiger partial charge in [0, 0.05) is 18.8 Å². The third kappa shape index (κ3) is 2.01. The lowest BCUT2D eigenvalue weighted by atomic mass is 10.1. The number of nitrogens with zero attached hydrogens (tertiary/aromatic N) is 2. The minimum absolute atomic E-state index is 0.379. The van der Waals surface area contributed by atoms with Gasteiger partial charge in [0.05, 0.1) is 5.69 Å². The topological polar surface area (TPSA) is 49.8 Å². The molecule has 0 saturated heterocycles. The van der Waals surface area contributed by atoms with Crippen molar-refractivity contribution in [1.82, 2.24) is 15.3 Å². The first-order valence-corrected chi connectivity index (χ1v) is 5.08. The maximum absolute atomic E-state index is 4.47. The van der Waals surface area contributed by atoms with Crippen molar-refractivity contribution in [3.8, 4) is 0 Å². The highest BCUT2D eigenvalue weighted by molar-refractivity contribution is 5.31. The molecule has 0 saturated carbocycles. The Hall–Kier alpha value is -1.16. The summed E-state index contributed by atoms with van der Waals surface area (Å²) >= 11 is 0. The Balaban J connectivity index is 2.20. The quantitative estimate of drug-likeness (QED) is 0.732. The highest BCUT2D eigenvalue weighted by Gasteiger charge is 2.11. The van der Waals surface area contributed by atoms with Crippen LogP contribution in [0.2, 0.25) is 0 Å². The lowest BCUT2D eigenvalue weighted by Gasteiger charge is -2.17. The summed E-state index contributed by atoms with van der Waals surface area (Å²) in [6.45, 7) is 6.07. The Morgan fingerprint density at radius 1 is 1.50 bits per heavy atom. The molecule has 0 aromatic carbocycles. The van der Waals surface area contributed by atoms with Gasteiger partial charge in [0.25, 0.3) is 0 Å². The predicted octanol–water partition coefficient (Wildman–Crippen LogP) is 0.943. The molecule has 0 fully saturated rings. The summed E-state index contributed by atoms with van der Waals surface area (Å²) in [7, 11) is 0. The van der Waals surface area contributed by atoms with Gasteiger partial charge in [-0.2, -0.15) is 0 Å². The van der Waals surface area contributed by atoms with Crippen molar-refractivity contribution in [2.75, 3.05) is 11.9 Å². The minimum atomic E-state index is 0.379. The summed E-state index contributed by atoms with van der Waals surface area (Å²) in [6, 6.07) is 0.379. The molecule has 0 unspecified atom stereocenters. The van der Waals surface area contributed by atoms with Crippen LogP contribution in [-0.4, -0.2) is 22.6 Å². The molecule has 0 aliphatic carbocycles. The van der Waals surface area contributed by atoms with Gasteiger partial charge in [0.2, 0.25) is 5.95 Å². The van der Waals surface area contributed by atoms with Crippen LogP contribution in [0.4, 0.5) is 5.95 Å². The summed E-state index contributed by atoms with van der Waals surface area (Å²) in [6.07, 6.45) is 2.98. The zero-order chi connectivity index (χ0) is 9.97. The average Bonchev–Trinajstić information content (AvgIpc) is 2.17. The summed E-state index contributed by atoms with van der Waals surface area (Å²) in [4.78, 5) is 8.75. The fourth-order valence-corrected chi connectivity index (χ4v) is 1.56. The smallest absolute Gasteiger partial charge is 0.223 e. The Morgan fingerprint density at radius 3 is 3.14 bits per heavy atom. The van der Waals surface area contributed by atoms with Crippen molar-refractivity contribution >= 4 is 5.95 Å². The summed E-state index contributed by atoms with van der Waals surface area (Å²) < 4.78 is 0. The van der Waals surface area contributed by atoms with E-state index < -0.39 is 0 Å². The minimum Gasteiger partial charge on any atom is -0.352 e. The maximum atomic E-state index is 4.47. The molecule has 4 nitrogen and oxygen atoms in total. The molecule has 4 heteroatoms. The SMILES string of the molecule is CC(C)Nc1ncc2c(n1)CNCC2. The van der Waals surface area contributed by atoms with Gasteiger partial charge in [-0.3, -0.25) is 0 Å². The molecule has 0 spiro atoms. The van der Waals surface area contributed by atoms with Gasteiger partial charge >= 0.3 is 0 Å². The number of anilines is 1. The fraction of sp³-hybridized carbons (Fsp3) is 0.600. The number of hydrogen-bond donors (Lipinski definition) is 2. The fourth-order valence-electron chi connectivity index (χ4n) is 1.56. The van der Waals surface area contributed by atoms with Gasteiger partial charge < -0.3 is 10.6 Å². The summed E-state index contributed by atoms with van der Waals surface area (Å²) in [5.41, 5.74) is 2.41. The normalized spacial score (nSPS) is 15.4. The van der Waals surface area contributed by atoms with Gasteiger partial charge in [-0.05, 0) is 32.4 Å². The molecule has 0 atom stereocenters. The second-order valence-corrected chi connectivity index (χ2v) is 3.89. The first kappa shape index (κ1) is 9.40. The van der Waals surface area contributed by atoms with Crippen molar-refractivity contribution < 1.29 is 0 Å². The second-order valence-electron chi connectivity index (χ2n) is 3.89. The van der Waals surface area contributed by atoms with E-state index in [1.54, 1.807) is 0 Å². The van der Waals surface area contributed by atoms with Gasteiger partial charge in [-0.15, -0.1) is 0 Å². The third-order valence-corrected chi connectivity index (χ3v) is 2.24. The van der Waals surface area contributed by atoms with Gasteiger partial charge in [0.15, 0.2) is 0 Å². The zero-order valence-electron chi connectivity index (χ0n) is 8.67. The number of hydrogen-bond acceptors (Lipinski definition) is 4. The molecule has 2 rings (SSSR count). The van der Waals surface area contributed by atoms with Crippen molar-refractivity contribution in [3.05, 3.63) is 17.5 Å². The van der Waals surface area contributed by atoms with Crippen LogP contribution in [0.25, 0.3) is 0 Å². The predicted molar refractivity (Wildman–Crippen MR) is 56.2 cm³/mol. The second kappa shape index (κ2) is 3.92. The van der Waals surface area contributed by atoms with Crippen LogP contribution in [0.15, 0.2) is 6.20 Å². The molecule has 2 N–H and O–H groups in total. The summed E-state index contributed by atoms with van der Waals surface area (Å²) in [5.74, 6) is 0.738. The monoisotopic (exact) mass is 192 g/mol. The van der Waals surface area contributed by atoms with E-state index in [0.29, 0.717) is 6.04 Å². The number of nitrogens with one attached hydrogen (secondary N) is 2. The molecule has 1 aromatic rings. The zero-order valence-corrected chi connectivity index (χ0v) is 8.67. The van der Waals surface area contributed by atoms with E-state index in [9.17, 15) is 0 Å². The molecule has 14 heavy (non-hydrogen) atoms. The lowest BCUT2D eigenvalue weighted by Crippen LogP contribution is -2.25. The van der Waals surface area contributed by atoms with Crippen LogP contribution in [0, 0.1) is 0 Å². The van der Waals surface area contributed by atoms with E-state index >= 15 is 0 Å².